The number of halogens is 2. The molecule has 0 aliphatic heterocycles. The minimum absolute atomic E-state index is 0.157. The molecule has 4 rings (SSSR count). The number of hydrogen-bond donors (Lipinski definition) is 2. The number of fused-ring (bicyclic) bond motifs is 1. The van der Waals surface area contributed by atoms with E-state index in [-0.39, 0.29) is 18.7 Å². The Morgan fingerprint density at radius 1 is 1.12 bits per heavy atom. The lowest BCUT2D eigenvalue weighted by molar-refractivity contribution is -0.147. The number of carbonyl (C=O) groups is 1. The molecule has 0 radical (unpaired) electrons. The number of nitrogens with two attached hydrogens (primary N) is 1. The predicted octanol–water partition coefficient (Wildman–Crippen LogP) is 5.16. The Morgan fingerprint density at radius 2 is 1.88 bits per heavy atom. The van der Waals surface area contributed by atoms with Gasteiger partial charge in [-0.15, -0.1) is 0 Å². The van der Waals surface area contributed by atoms with Crippen molar-refractivity contribution in [3.05, 3.63) is 75.0 Å². The van der Waals surface area contributed by atoms with Gasteiger partial charge in [0.25, 0.3) is 0 Å². The highest BCUT2D eigenvalue weighted by molar-refractivity contribution is 6.36. The van der Waals surface area contributed by atoms with Crippen molar-refractivity contribution in [2.75, 3.05) is 11.9 Å². The minimum atomic E-state index is -0.427. The molecule has 1 aliphatic rings. The number of aromatic nitrogens is 2. The van der Waals surface area contributed by atoms with Gasteiger partial charge in [-0.1, -0.05) is 61.3 Å². The van der Waals surface area contributed by atoms with Crippen LogP contribution < -0.4 is 11.1 Å². The summed E-state index contributed by atoms with van der Waals surface area (Å²) in [6, 6.07) is 13.2. The zero-order chi connectivity index (χ0) is 23.5. The highest BCUT2D eigenvalue weighted by atomic mass is 35.5. The van der Waals surface area contributed by atoms with E-state index in [1.165, 1.54) is 0 Å². The molecule has 0 saturated heterocycles. The van der Waals surface area contributed by atoms with E-state index in [0.29, 0.717) is 35.1 Å². The van der Waals surface area contributed by atoms with Crippen molar-refractivity contribution in [1.82, 2.24) is 9.97 Å². The second kappa shape index (κ2) is 10.1. The Kier molecular flexibility index (Phi) is 7.17. The molecule has 3 aromatic rings. The van der Waals surface area contributed by atoms with Gasteiger partial charge in [0.15, 0.2) is 0 Å². The summed E-state index contributed by atoms with van der Waals surface area (Å²) in [6.07, 6.45) is 1.58. The first-order chi connectivity index (χ1) is 15.9. The van der Waals surface area contributed by atoms with Crippen LogP contribution in [0.4, 0.5) is 5.82 Å². The molecule has 0 saturated carbocycles. The summed E-state index contributed by atoms with van der Waals surface area (Å²) in [5.41, 5.74) is 10.9. The quantitative estimate of drug-likeness (QED) is 0.450. The van der Waals surface area contributed by atoms with E-state index in [2.05, 4.69) is 11.4 Å². The Bertz CT molecular complexity index is 1190. The maximum Gasteiger partial charge on any atom is 0.320 e. The Labute approximate surface area is 203 Å². The van der Waals surface area contributed by atoms with Gasteiger partial charge >= 0.3 is 5.97 Å². The second-order valence-electron chi connectivity index (χ2n) is 7.90. The first-order valence-electron chi connectivity index (χ1n) is 11.0. The predicted molar refractivity (Wildman–Crippen MR) is 132 cm³/mol. The number of nitrogens with one attached hydrogen (secondary N) is 1. The first-order valence-corrected chi connectivity index (χ1v) is 11.8. The largest absolute Gasteiger partial charge is 0.459 e. The molecule has 0 amide bonds. The van der Waals surface area contributed by atoms with E-state index in [1.807, 2.05) is 38.1 Å². The number of anilines is 1. The van der Waals surface area contributed by atoms with Crippen molar-refractivity contribution < 1.29 is 9.53 Å². The number of carbonyl (C=O) groups excluding carboxylic acids is 1. The summed E-state index contributed by atoms with van der Waals surface area (Å²) >= 11 is 12.6. The van der Waals surface area contributed by atoms with Gasteiger partial charge in [-0.05, 0) is 42.2 Å². The summed E-state index contributed by atoms with van der Waals surface area (Å²) in [5.74, 6) is 0.252. The monoisotopic (exact) mass is 484 g/mol. The number of aryl methyl sites for hydroxylation is 2. The van der Waals surface area contributed by atoms with Crippen LogP contribution in [0.2, 0.25) is 10.0 Å². The van der Waals surface area contributed by atoms with Gasteiger partial charge < -0.3 is 15.8 Å². The van der Waals surface area contributed by atoms with E-state index < -0.39 is 5.97 Å². The van der Waals surface area contributed by atoms with Gasteiger partial charge in [0.1, 0.15) is 11.9 Å². The van der Waals surface area contributed by atoms with Crippen molar-refractivity contribution in [1.29, 1.82) is 0 Å². The molecule has 2 atom stereocenters. The molecular formula is C25H26Cl2N4O2. The standard InChI is InChI=1S/C25H26Cl2N4O2/c1-3-19-23(17-10-9-15(26)12-18(17)27)29-20(4-2)25(30-19)31-24-16-8-6-5-7-14(16)11-21(24)33-22(32)13-28/h5-10,12,21,24H,3-4,11,13,28H2,1-2H3,(H,30,31)/t21-,24-/m0/s1. The number of benzene rings is 2. The summed E-state index contributed by atoms with van der Waals surface area (Å²) in [5, 5.41) is 4.63. The summed E-state index contributed by atoms with van der Waals surface area (Å²) in [4.78, 5) is 21.9. The van der Waals surface area contributed by atoms with E-state index in [4.69, 9.17) is 43.6 Å². The average molecular weight is 485 g/mol. The van der Waals surface area contributed by atoms with Crippen molar-refractivity contribution in [3.8, 4) is 11.3 Å². The molecule has 2 aromatic carbocycles. The fraction of sp³-hybridized carbons (Fsp3) is 0.320. The van der Waals surface area contributed by atoms with Crippen LogP contribution >= 0.6 is 23.2 Å². The maximum atomic E-state index is 12.0. The molecule has 0 bridgehead atoms. The van der Waals surface area contributed by atoms with Crippen LogP contribution in [0.5, 0.6) is 0 Å². The molecule has 172 valence electrons. The number of esters is 1. The summed E-state index contributed by atoms with van der Waals surface area (Å²) in [7, 11) is 0. The van der Waals surface area contributed by atoms with E-state index >= 15 is 0 Å². The van der Waals surface area contributed by atoms with Crippen molar-refractivity contribution >= 4 is 35.0 Å². The van der Waals surface area contributed by atoms with Crippen LogP contribution in [0.25, 0.3) is 11.3 Å². The maximum absolute atomic E-state index is 12.0. The van der Waals surface area contributed by atoms with Crippen LogP contribution in [0, 0.1) is 0 Å². The normalized spacial score (nSPS) is 17.0. The molecule has 1 aliphatic carbocycles. The number of hydrogen-bond acceptors (Lipinski definition) is 6. The van der Waals surface area contributed by atoms with Gasteiger partial charge in [0.2, 0.25) is 0 Å². The van der Waals surface area contributed by atoms with E-state index in [9.17, 15) is 4.79 Å². The van der Waals surface area contributed by atoms with Crippen LogP contribution in [0.1, 0.15) is 42.4 Å². The highest BCUT2D eigenvalue weighted by Gasteiger charge is 2.35. The molecule has 3 N–H and O–H groups in total. The van der Waals surface area contributed by atoms with Gasteiger partial charge in [-0.3, -0.25) is 4.79 Å². The highest BCUT2D eigenvalue weighted by Crippen LogP contribution is 2.37. The molecule has 1 aromatic heterocycles. The van der Waals surface area contributed by atoms with Crippen molar-refractivity contribution in [2.24, 2.45) is 5.73 Å². The number of rotatable bonds is 7. The zero-order valence-electron chi connectivity index (χ0n) is 18.6. The number of nitrogens with zero attached hydrogens (tertiary/aromatic N) is 2. The van der Waals surface area contributed by atoms with Gasteiger partial charge in [-0.25, -0.2) is 9.97 Å². The van der Waals surface area contributed by atoms with Crippen LogP contribution in [0.15, 0.2) is 42.5 Å². The smallest absolute Gasteiger partial charge is 0.320 e. The van der Waals surface area contributed by atoms with Crippen molar-refractivity contribution in [3.63, 3.8) is 0 Å². The number of ether oxygens (including phenoxy) is 1. The van der Waals surface area contributed by atoms with Crippen LogP contribution in [-0.4, -0.2) is 28.6 Å². The first kappa shape index (κ1) is 23.5. The molecule has 0 unspecified atom stereocenters. The lowest BCUT2D eigenvalue weighted by Gasteiger charge is -2.24. The van der Waals surface area contributed by atoms with Gasteiger partial charge in [0, 0.05) is 17.0 Å². The lowest BCUT2D eigenvalue weighted by atomic mass is 10.1. The van der Waals surface area contributed by atoms with Crippen molar-refractivity contribution in [2.45, 2.75) is 45.3 Å². The van der Waals surface area contributed by atoms with Gasteiger partial charge in [-0.2, -0.15) is 0 Å². The Hall–Kier alpha value is -2.67. The fourth-order valence-electron chi connectivity index (χ4n) is 4.21. The second-order valence-corrected chi connectivity index (χ2v) is 8.75. The van der Waals surface area contributed by atoms with E-state index in [0.717, 1.165) is 33.8 Å². The molecule has 0 spiro atoms. The van der Waals surface area contributed by atoms with Gasteiger partial charge in [0.05, 0.1) is 34.7 Å². The SMILES string of the molecule is CCc1nc(-c2ccc(Cl)cc2Cl)c(CC)nc1N[C@H]1c2ccccc2C[C@@H]1OC(=O)CN. The molecule has 6 nitrogen and oxygen atoms in total. The fourth-order valence-corrected chi connectivity index (χ4v) is 4.71. The third kappa shape index (κ3) is 4.83. The molecule has 33 heavy (non-hydrogen) atoms. The van der Waals surface area contributed by atoms with E-state index in [1.54, 1.807) is 12.1 Å². The van der Waals surface area contributed by atoms with Crippen LogP contribution in [-0.2, 0) is 28.8 Å². The topological polar surface area (TPSA) is 90.1 Å². The third-order valence-electron chi connectivity index (χ3n) is 5.82. The van der Waals surface area contributed by atoms with Crippen LogP contribution in [0.3, 0.4) is 0 Å². The molecule has 0 fully saturated rings. The Balaban J connectivity index is 1.74. The molecule has 8 heteroatoms. The molecule has 1 heterocycles. The molecular weight excluding hydrogens is 459 g/mol. The summed E-state index contributed by atoms with van der Waals surface area (Å²) in [6.45, 7) is 3.90. The Morgan fingerprint density at radius 3 is 2.58 bits per heavy atom. The summed E-state index contributed by atoms with van der Waals surface area (Å²) < 4.78 is 5.67. The minimum Gasteiger partial charge on any atom is -0.459 e. The zero-order valence-corrected chi connectivity index (χ0v) is 20.1. The third-order valence-corrected chi connectivity index (χ3v) is 6.37. The lowest BCUT2D eigenvalue weighted by Crippen LogP contribution is -2.31. The average Bonchev–Trinajstić information content (AvgIpc) is 3.15.